The molecule has 2 aromatic rings. The molecule has 2 aromatic heterocycles. The van der Waals surface area contributed by atoms with Crippen molar-refractivity contribution in [2.75, 3.05) is 19.7 Å². The Labute approximate surface area is 150 Å². The lowest BCUT2D eigenvalue weighted by atomic mass is 10.1. The van der Waals surface area contributed by atoms with Gasteiger partial charge in [0.05, 0.1) is 11.5 Å². The summed E-state index contributed by atoms with van der Waals surface area (Å²) in [6.07, 6.45) is 1.17. The van der Waals surface area contributed by atoms with Crippen LogP contribution in [0.2, 0.25) is 0 Å². The largest absolute Gasteiger partial charge is 0.450 e. The minimum atomic E-state index is -0.278. The minimum Gasteiger partial charge on any atom is -0.450 e. The molecule has 1 aliphatic heterocycles. The molecule has 3 heterocycles. The highest BCUT2D eigenvalue weighted by molar-refractivity contribution is 7.13. The fourth-order valence-electron chi connectivity index (χ4n) is 2.90. The Kier molecular flexibility index (Phi) is 5.37. The molecule has 0 aromatic carbocycles. The van der Waals surface area contributed by atoms with Gasteiger partial charge in [-0.25, -0.2) is 4.79 Å². The number of carbonyl (C=O) groups is 2. The van der Waals surface area contributed by atoms with Crippen LogP contribution in [-0.4, -0.2) is 52.4 Å². The molecular formula is C17H22N4O3S. The summed E-state index contributed by atoms with van der Waals surface area (Å²) in [7, 11) is 1.77. The third-order valence-corrected chi connectivity index (χ3v) is 5.13. The molecule has 1 saturated heterocycles. The molecule has 1 fully saturated rings. The molecular weight excluding hydrogens is 340 g/mol. The number of likely N-dealkylation sites (tertiary alicyclic amines) is 1. The molecule has 2 amide bonds. The average Bonchev–Trinajstić information content (AvgIpc) is 3.25. The maximum Gasteiger partial charge on any atom is 0.409 e. The van der Waals surface area contributed by atoms with Crippen LogP contribution < -0.4 is 5.32 Å². The highest BCUT2D eigenvalue weighted by atomic mass is 32.1. The van der Waals surface area contributed by atoms with Gasteiger partial charge in [0.2, 0.25) is 0 Å². The second-order valence-corrected chi connectivity index (χ2v) is 6.90. The van der Waals surface area contributed by atoms with E-state index in [0.717, 1.165) is 23.4 Å². The standard InChI is InChI=1S/C17H22N4O3S/c1-3-24-17(23)21-8-6-12(7-9-21)18-16(22)14-11-13(19-20(14)2)15-5-4-10-25-15/h4-5,10-12H,3,6-9H2,1-2H3,(H,18,22). The van der Waals surface area contributed by atoms with Gasteiger partial charge in [0, 0.05) is 26.2 Å². The van der Waals surface area contributed by atoms with Crippen molar-refractivity contribution in [3.63, 3.8) is 0 Å². The number of amides is 2. The van der Waals surface area contributed by atoms with Crippen molar-refractivity contribution in [1.82, 2.24) is 20.0 Å². The Morgan fingerprint density at radius 1 is 1.40 bits per heavy atom. The summed E-state index contributed by atoms with van der Waals surface area (Å²) in [5.74, 6) is -0.132. The number of nitrogens with zero attached hydrogens (tertiary/aromatic N) is 3. The lowest BCUT2D eigenvalue weighted by Gasteiger charge is -2.31. The zero-order chi connectivity index (χ0) is 17.8. The first-order chi connectivity index (χ1) is 12.1. The number of nitrogens with one attached hydrogen (secondary N) is 1. The molecule has 7 nitrogen and oxygen atoms in total. The Morgan fingerprint density at radius 2 is 2.16 bits per heavy atom. The van der Waals surface area contributed by atoms with E-state index in [4.69, 9.17) is 4.74 Å². The molecule has 1 N–H and O–H groups in total. The van der Waals surface area contributed by atoms with Crippen molar-refractivity contribution in [2.45, 2.75) is 25.8 Å². The van der Waals surface area contributed by atoms with Gasteiger partial charge in [-0.15, -0.1) is 11.3 Å². The van der Waals surface area contributed by atoms with Gasteiger partial charge < -0.3 is 15.0 Å². The lowest BCUT2D eigenvalue weighted by Crippen LogP contribution is -2.47. The highest BCUT2D eigenvalue weighted by Gasteiger charge is 2.25. The summed E-state index contributed by atoms with van der Waals surface area (Å²) in [4.78, 5) is 27.0. The minimum absolute atomic E-state index is 0.0539. The summed E-state index contributed by atoms with van der Waals surface area (Å²) < 4.78 is 6.62. The van der Waals surface area contributed by atoms with Crippen LogP contribution in [0.25, 0.3) is 10.6 Å². The van der Waals surface area contributed by atoms with Crippen LogP contribution in [0.4, 0.5) is 4.79 Å². The van der Waals surface area contributed by atoms with Crippen molar-refractivity contribution in [2.24, 2.45) is 7.05 Å². The van der Waals surface area contributed by atoms with Crippen LogP contribution >= 0.6 is 11.3 Å². The van der Waals surface area contributed by atoms with Gasteiger partial charge in [0.1, 0.15) is 11.4 Å². The number of carbonyl (C=O) groups excluding carboxylic acids is 2. The molecule has 25 heavy (non-hydrogen) atoms. The fourth-order valence-corrected chi connectivity index (χ4v) is 3.59. The smallest absolute Gasteiger partial charge is 0.409 e. The Morgan fingerprint density at radius 3 is 2.80 bits per heavy atom. The number of ether oxygens (including phenoxy) is 1. The van der Waals surface area contributed by atoms with Crippen molar-refractivity contribution < 1.29 is 14.3 Å². The first-order valence-electron chi connectivity index (χ1n) is 8.39. The van der Waals surface area contributed by atoms with E-state index in [-0.39, 0.29) is 18.0 Å². The monoisotopic (exact) mass is 362 g/mol. The van der Waals surface area contributed by atoms with E-state index in [1.807, 2.05) is 23.6 Å². The lowest BCUT2D eigenvalue weighted by molar-refractivity contribution is 0.0854. The van der Waals surface area contributed by atoms with E-state index < -0.39 is 0 Å². The Balaban J connectivity index is 1.58. The van der Waals surface area contributed by atoms with E-state index in [1.54, 1.807) is 34.9 Å². The number of thiophene rings is 1. The summed E-state index contributed by atoms with van der Waals surface area (Å²) in [6, 6.07) is 5.82. The number of aromatic nitrogens is 2. The molecule has 0 aliphatic carbocycles. The summed E-state index contributed by atoms with van der Waals surface area (Å²) in [5, 5.41) is 9.46. The number of hydrogen-bond acceptors (Lipinski definition) is 5. The Bertz CT molecular complexity index is 733. The van der Waals surface area contributed by atoms with Crippen molar-refractivity contribution in [1.29, 1.82) is 0 Å². The number of hydrogen-bond donors (Lipinski definition) is 1. The third-order valence-electron chi connectivity index (χ3n) is 4.24. The van der Waals surface area contributed by atoms with Crippen molar-refractivity contribution in [3.05, 3.63) is 29.3 Å². The van der Waals surface area contributed by atoms with E-state index >= 15 is 0 Å². The molecule has 3 rings (SSSR count). The second-order valence-electron chi connectivity index (χ2n) is 5.95. The Hall–Kier alpha value is -2.35. The first-order valence-corrected chi connectivity index (χ1v) is 9.27. The summed E-state index contributed by atoms with van der Waals surface area (Å²) >= 11 is 1.60. The summed E-state index contributed by atoms with van der Waals surface area (Å²) in [5.41, 5.74) is 1.34. The van der Waals surface area contributed by atoms with E-state index in [1.165, 1.54) is 0 Å². The zero-order valence-corrected chi connectivity index (χ0v) is 15.2. The molecule has 0 bridgehead atoms. The van der Waals surface area contributed by atoms with Crippen LogP contribution in [0.3, 0.4) is 0 Å². The number of piperidine rings is 1. The molecule has 8 heteroatoms. The molecule has 0 spiro atoms. The molecule has 0 atom stereocenters. The van der Waals surface area contributed by atoms with E-state index in [2.05, 4.69) is 10.4 Å². The maximum absolute atomic E-state index is 12.6. The van der Waals surface area contributed by atoms with Crippen molar-refractivity contribution in [3.8, 4) is 10.6 Å². The SMILES string of the molecule is CCOC(=O)N1CCC(NC(=O)c2cc(-c3cccs3)nn2C)CC1. The van der Waals surface area contributed by atoms with Gasteiger partial charge in [0.25, 0.3) is 5.91 Å². The van der Waals surface area contributed by atoms with Gasteiger partial charge in [-0.2, -0.15) is 5.10 Å². The first kappa shape index (κ1) is 17.5. The average molecular weight is 362 g/mol. The van der Waals surface area contributed by atoms with E-state index in [0.29, 0.717) is 25.4 Å². The topological polar surface area (TPSA) is 76.5 Å². The summed E-state index contributed by atoms with van der Waals surface area (Å²) in [6.45, 7) is 3.36. The highest BCUT2D eigenvalue weighted by Crippen LogP contribution is 2.24. The maximum atomic E-state index is 12.6. The van der Waals surface area contributed by atoms with Crippen LogP contribution in [-0.2, 0) is 11.8 Å². The number of aryl methyl sites for hydroxylation is 1. The quantitative estimate of drug-likeness (QED) is 0.907. The molecule has 134 valence electrons. The van der Waals surface area contributed by atoms with Gasteiger partial charge in [0.15, 0.2) is 0 Å². The van der Waals surface area contributed by atoms with Crippen LogP contribution in [0.1, 0.15) is 30.3 Å². The van der Waals surface area contributed by atoms with Gasteiger partial charge >= 0.3 is 6.09 Å². The predicted molar refractivity (Wildman–Crippen MR) is 95.6 cm³/mol. The van der Waals surface area contributed by atoms with Crippen LogP contribution in [0.15, 0.2) is 23.6 Å². The van der Waals surface area contributed by atoms with Crippen LogP contribution in [0.5, 0.6) is 0 Å². The second kappa shape index (κ2) is 7.69. The van der Waals surface area contributed by atoms with Crippen molar-refractivity contribution >= 4 is 23.3 Å². The van der Waals surface area contributed by atoms with E-state index in [9.17, 15) is 9.59 Å². The molecule has 0 unspecified atom stereocenters. The third kappa shape index (κ3) is 4.01. The predicted octanol–water partition coefficient (Wildman–Crippen LogP) is 2.50. The van der Waals surface area contributed by atoms with Gasteiger partial charge in [-0.05, 0) is 37.3 Å². The molecule has 1 aliphatic rings. The normalized spacial score (nSPS) is 15.2. The molecule has 0 radical (unpaired) electrons. The zero-order valence-electron chi connectivity index (χ0n) is 14.4. The van der Waals surface area contributed by atoms with Crippen LogP contribution in [0, 0.1) is 0 Å². The van der Waals surface area contributed by atoms with Gasteiger partial charge in [-0.1, -0.05) is 6.07 Å². The number of rotatable bonds is 4. The fraction of sp³-hybridized carbons (Fsp3) is 0.471. The molecule has 0 saturated carbocycles. The van der Waals surface area contributed by atoms with Gasteiger partial charge in [-0.3, -0.25) is 9.48 Å².